The van der Waals surface area contributed by atoms with Crippen molar-refractivity contribution < 1.29 is 9.47 Å². The summed E-state index contributed by atoms with van der Waals surface area (Å²) in [6, 6.07) is 8.43. The number of hydrogen-bond donors (Lipinski definition) is 1. The van der Waals surface area contributed by atoms with Crippen molar-refractivity contribution >= 4 is 0 Å². The van der Waals surface area contributed by atoms with Gasteiger partial charge in [0.25, 0.3) is 0 Å². The highest BCUT2D eigenvalue weighted by atomic mass is 16.5. The van der Waals surface area contributed by atoms with Crippen LogP contribution in [0.25, 0.3) is 0 Å². The molecule has 1 aliphatic rings. The van der Waals surface area contributed by atoms with E-state index in [0.717, 1.165) is 31.6 Å². The van der Waals surface area contributed by atoms with Crippen LogP contribution in [0.2, 0.25) is 0 Å². The first-order valence-corrected chi connectivity index (χ1v) is 7.28. The molecule has 0 aliphatic carbocycles. The van der Waals surface area contributed by atoms with Gasteiger partial charge in [-0.05, 0) is 56.2 Å². The summed E-state index contributed by atoms with van der Waals surface area (Å²) in [7, 11) is 1.69. The van der Waals surface area contributed by atoms with E-state index < -0.39 is 0 Å². The van der Waals surface area contributed by atoms with Crippen molar-refractivity contribution in [3.8, 4) is 5.75 Å². The van der Waals surface area contributed by atoms with E-state index in [1.807, 2.05) is 12.1 Å². The van der Waals surface area contributed by atoms with Crippen molar-refractivity contribution in [2.45, 2.75) is 50.7 Å². The lowest BCUT2D eigenvalue weighted by Gasteiger charge is -2.14. The maximum absolute atomic E-state index is 6.19. The van der Waals surface area contributed by atoms with Crippen LogP contribution in [0.5, 0.6) is 5.75 Å². The Bertz CT molecular complexity index is 358. The molecule has 19 heavy (non-hydrogen) atoms. The summed E-state index contributed by atoms with van der Waals surface area (Å²) in [6.07, 6.45) is 7.30. The summed E-state index contributed by atoms with van der Waals surface area (Å²) in [5.74, 6) is 0.899. The minimum absolute atomic E-state index is 0.245. The molecule has 0 radical (unpaired) electrons. The third-order valence-corrected chi connectivity index (χ3v) is 3.78. The van der Waals surface area contributed by atoms with Crippen LogP contribution >= 0.6 is 0 Å². The summed E-state index contributed by atoms with van der Waals surface area (Å²) in [6.45, 7) is 0.947. The molecule has 0 bridgehead atoms. The molecule has 3 heteroatoms. The summed E-state index contributed by atoms with van der Waals surface area (Å²) in [5.41, 5.74) is 7.47. The Balaban J connectivity index is 1.66. The quantitative estimate of drug-likeness (QED) is 0.822. The molecule has 2 rings (SSSR count). The van der Waals surface area contributed by atoms with Crippen molar-refractivity contribution in [1.29, 1.82) is 0 Å². The van der Waals surface area contributed by atoms with E-state index in [9.17, 15) is 0 Å². The first-order valence-electron chi connectivity index (χ1n) is 7.28. The monoisotopic (exact) mass is 263 g/mol. The molecule has 1 aromatic carbocycles. The first kappa shape index (κ1) is 14.4. The maximum atomic E-state index is 6.19. The summed E-state index contributed by atoms with van der Waals surface area (Å²) in [4.78, 5) is 0. The number of methoxy groups -OCH3 is 1. The zero-order valence-electron chi connectivity index (χ0n) is 11.8. The molecular weight excluding hydrogens is 238 g/mol. The Hall–Kier alpha value is -1.06. The van der Waals surface area contributed by atoms with Gasteiger partial charge in [0.1, 0.15) is 5.75 Å². The van der Waals surface area contributed by atoms with Gasteiger partial charge in [0.15, 0.2) is 0 Å². The molecule has 0 saturated carbocycles. The third-order valence-electron chi connectivity index (χ3n) is 3.78. The van der Waals surface area contributed by atoms with Crippen LogP contribution in [0, 0.1) is 0 Å². The van der Waals surface area contributed by atoms with Gasteiger partial charge in [0, 0.05) is 12.6 Å². The molecule has 106 valence electrons. The lowest BCUT2D eigenvalue weighted by molar-refractivity contribution is 0.101. The SMILES string of the molecule is COc1ccc(CC(N)CCCC2CCCO2)cc1. The number of hydrogen-bond acceptors (Lipinski definition) is 3. The Labute approximate surface area is 116 Å². The van der Waals surface area contributed by atoms with Crippen LogP contribution in [0.4, 0.5) is 0 Å². The smallest absolute Gasteiger partial charge is 0.118 e. The molecular formula is C16H25NO2. The van der Waals surface area contributed by atoms with E-state index in [1.165, 1.54) is 24.8 Å². The molecule has 3 nitrogen and oxygen atoms in total. The Morgan fingerprint density at radius 3 is 2.79 bits per heavy atom. The maximum Gasteiger partial charge on any atom is 0.118 e. The van der Waals surface area contributed by atoms with Crippen molar-refractivity contribution in [3.63, 3.8) is 0 Å². The molecule has 1 aliphatic heterocycles. The van der Waals surface area contributed by atoms with Crippen LogP contribution in [-0.2, 0) is 11.2 Å². The topological polar surface area (TPSA) is 44.5 Å². The molecule has 1 saturated heterocycles. The fraction of sp³-hybridized carbons (Fsp3) is 0.625. The van der Waals surface area contributed by atoms with Gasteiger partial charge in [0.2, 0.25) is 0 Å². The Morgan fingerprint density at radius 1 is 1.37 bits per heavy atom. The van der Waals surface area contributed by atoms with Gasteiger partial charge in [0.05, 0.1) is 13.2 Å². The van der Waals surface area contributed by atoms with Crippen molar-refractivity contribution in [3.05, 3.63) is 29.8 Å². The van der Waals surface area contributed by atoms with Crippen LogP contribution in [-0.4, -0.2) is 25.9 Å². The molecule has 1 heterocycles. The van der Waals surface area contributed by atoms with Crippen LogP contribution in [0.3, 0.4) is 0 Å². The standard InChI is InChI=1S/C16H25NO2/c1-18-15-9-7-13(8-10-15)12-14(17)4-2-5-16-6-3-11-19-16/h7-10,14,16H,2-6,11-12,17H2,1H3. The summed E-state index contributed by atoms with van der Waals surface area (Å²) >= 11 is 0. The molecule has 0 amide bonds. The van der Waals surface area contributed by atoms with Crippen molar-refractivity contribution in [2.24, 2.45) is 5.73 Å². The van der Waals surface area contributed by atoms with Crippen LogP contribution < -0.4 is 10.5 Å². The minimum atomic E-state index is 0.245. The van der Waals surface area contributed by atoms with Gasteiger partial charge < -0.3 is 15.2 Å². The van der Waals surface area contributed by atoms with E-state index in [0.29, 0.717) is 6.10 Å². The zero-order chi connectivity index (χ0) is 13.5. The molecule has 1 fully saturated rings. The second kappa shape index (κ2) is 7.51. The van der Waals surface area contributed by atoms with Crippen LogP contribution in [0.15, 0.2) is 24.3 Å². The predicted octanol–water partition coefficient (Wildman–Crippen LogP) is 2.91. The molecule has 2 N–H and O–H groups in total. The van der Waals surface area contributed by atoms with Crippen LogP contribution in [0.1, 0.15) is 37.7 Å². The number of ether oxygens (including phenoxy) is 2. The van der Waals surface area contributed by atoms with E-state index in [2.05, 4.69) is 12.1 Å². The predicted molar refractivity (Wildman–Crippen MR) is 77.5 cm³/mol. The van der Waals surface area contributed by atoms with Crippen molar-refractivity contribution in [2.75, 3.05) is 13.7 Å². The van der Waals surface area contributed by atoms with E-state index in [1.54, 1.807) is 7.11 Å². The second-order valence-electron chi connectivity index (χ2n) is 5.38. The highest BCUT2D eigenvalue weighted by Gasteiger charge is 2.15. The largest absolute Gasteiger partial charge is 0.497 e. The summed E-state index contributed by atoms with van der Waals surface area (Å²) in [5, 5.41) is 0. The average molecular weight is 263 g/mol. The molecule has 0 aromatic heterocycles. The first-order chi connectivity index (χ1) is 9.28. The zero-order valence-corrected chi connectivity index (χ0v) is 11.8. The fourth-order valence-corrected chi connectivity index (χ4v) is 2.65. The highest BCUT2D eigenvalue weighted by Crippen LogP contribution is 2.19. The number of rotatable bonds is 7. The lowest BCUT2D eigenvalue weighted by Crippen LogP contribution is -2.23. The number of benzene rings is 1. The normalized spacial score (nSPS) is 20.4. The second-order valence-corrected chi connectivity index (χ2v) is 5.38. The van der Waals surface area contributed by atoms with Gasteiger partial charge >= 0.3 is 0 Å². The minimum Gasteiger partial charge on any atom is -0.497 e. The van der Waals surface area contributed by atoms with E-state index in [4.69, 9.17) is 15.2 Å². The number of nitrogens with two attached hydrogens (primary N) is 1. The van der Waals surface area contributed by atoms with E-state index >= 15 is 0 Å². The Kier molecular flexibility index (Phi) is 5.67. The molecule has 2 atom stereocenters. The van der Waals surface area contributed by atoms with Gasteiger partial charge in [-0.3, -0.25) is 0 Å². The molecule has 2 unspecified atom stereocenters. The highest BCUT2D eigenvalue weighted by molar-refractivity contribution is 5.27. The van der Waals surface area contributed by atoms with Gasteiger partial charge in [-0.1, -0.05) is 12.1 Å². The average Bonchev–Trinajstić information content (AvgIpc) is 2.93. The molecule has 0 spiro atoms. The molecule has 1 aromatic rings. The van der Waals surface area contributed by atoms with Gasteiger partial charge in [-0.25, -0.2) is 0 Å². The Morgan fingerprint density at radius 2 is 2.16 bits per heavy atom. The fourth-order valence-electron chi connectivity index (χ4n) is 2.65. The lowest BCUT2D eigenvalue weighted by atomic mass is 10.00. The summed E-state index contributed by atoms with van der Waals surface area (Å²) < 4.78 is 10.8. The van der Waals surface area contributed by atoms with Gasteiger partial charge in [-0.15, -0.1) is 0 Å². The van der Waals surface area contributed by atoms with Crippen molar-refractivity contribution in [1.82, 2.24) is 0 Å². The van der Waals surface area contributed by atoms with Gasteiger partial charge in [-0.2, -0.15) is 0 Å². The van der Waals surface area contributed by atoms with E-state index in [-0.39, 0.29) is 6.04 Å². The third kappa shape index (κ3) is 4.84.